The van der Waals surface area contributed by atoms with Gasteiger partial charge < -0.3 is 19.1 Å². The van der Waals surface area contributed by atoms with Gasteiger partial charge in [0.05, 0.1) is 26.0 Å². The maximum absolute atomic E-state index is 13.1. The number of carbonyl (C=O) groups excluding carboxylic acids is 1. The van der Waals surface area contributed by atoms with Crippen LogP contribution in [0, 0.1) is 20.8 Å². The third kappa shape index (κ3) is 6.08. The van der Waals surface area contributed by atoms with Crippen LogP contribution in [0.4, 0.5) is 0 Å². The predicted molar refractivity (Wildman–Crippen MR) is 127 cm³/mol. The summed E-state index contributed by atoms with van der Waals surface area (Å²) in [6, 6.07) is 11.4. The SMILES string of the molecule is COCCN(Cc1csc(COc2cc(C)cc(C)c2C)n1)C(=O)c1cccc(OC)c1. The molecular weight excluding hydrogens is 424 g/mol. The van der Waals surface area contributed by atoms with E-state index in [1.807, 2.05) is 17.5 Å². The van der Waals surface area contributed by atoms with Gasteiger partial charge in [0, 0.05) is 24.6 Å². The molecule has 1 aromatic heterocycles. The van der Waals surface area contributed by atoms with Gasteiger partial charge in [0.1, 0.15) is 23.1 Å². The van der Waals surface area contributed by atoms with Crippen molar-refractivity contribution in [2.24, 2.45) is 0 Å². The Kier molecular flexibility index (Phi) is 8.25. The summed E-state index contributed by atoms with van der Waals surface area (Å²) in [4.78, 5) is 19.5. The molecule has 1 amide bonds. The van der Waals surface area contributed by atoms with E-state index >= 15 is 0 Å². The van der Waals surface area contributed by atoms with E-state index in [1.54, 1.807) is 31.3 Å². The number of thiazole rings is 1. The number of carbonyl (C=O) groups is 1. The highest BCUT2D eigenvalue weighted by Gasteiger charge is 2.18. The zero-order valence-corrected chi connectivity index (χ0v) is 20.1. The van der Waals surface area contributed by atoms with Crippen LogP contribution in [0.15, 0.2) is 41.8 Å². The number of rotatable bonds is 10. The molecule has 0 saturated carbocycles. The molecule has 2 aromatic carbocycles. The third-order valence-electron chi connectivity index (χ3n) is 5.24. The summed E-state index contributed by atoms with van der Waals surface area (Å²) in [7, 11) is 3.21. The van der Waals surface area contributed by atoms with Gasteiger partial charge in [0.15, 0.2) is 0 Å². The Morgan fingerprint density at radius 2 is 1.94 bits per heavy atom. The highest BCUT2D eigenvalue weighted by atomic mass is 32.1. The van der Waals surface area contributed by atoms with Crippen molar-refractivity contribution in [3.8, 4) is 11.5 Å². The van der Waals surface area contributed by atoms with Crippen molar-refractivity contribution in [3.05, 3.63) is 74.7 Å². The van der Waals surface area contributed by atoms with Crippen molar-refractivity contribution in [3.63, 3.8) is 0 Å². The second-order valence-electron chi connectivity index (χ2n) is 7.68. The summed E-state index contributed by atoms with van der Waals surface area (Å²) in [6.07, 6.45) is 0. The first-order valence-corrected chi connectivity index (χ1v) is 11.4. The van der Waals surface area contributed by atoms with E-state index in [2.05, 4.69) is 32.9 Å². The molecule has 0 N–H and O–H groups in total. The molecule has 3 rings (SSSR count). The minimum absolute atomic E-state index is 0.0855. The highest BCUT2D eigenvalue weighted by Crippen LogP contribution is 2.25. The molecule has 170 valence electrons. The molecule has 0 atom stereocenters. The molecule has 0 saturated heterocycles. The smallest absolute Gasteiger partial charge is 0.254 e. The van der Waals surface area contributed by atoms with Gasteiger partial charge in [-0.05, 0) is 61.7 Å². The number of methoxy groups -OCH3 is 2. The lowest BCUT2D eigenvalue weighted by Crippen LogP contribution is -2.33. The van der Waals surface area contributed by atoms with Crippen LogP contribution < -0.4 is 9.47 Å². The molecule has 0 aliphatic carbocycles. The standard InChI is InChI=1S/C25H30N2O4S/c1-17-11-18(2)19(3)23(12-17)31-15-24-26-21(16-32-24)14-27(9-10-29-4)25(28)20-7-6-8-22(13-20)30-5/h6-8,11-13,16H,9-10,14-15H2,1-5H3. The van der Waals surface area contributed by atoms with Crippen molar-refractivity contribution in [2.45, 2.75) is 33.9 Å². The Labute approximate surface area is 193 Å². The molecule has 0 radical (unpaired) electrons. The van der Waals surface area contributed by atoms with E-state index < -0.39 is 0 Å². The van der Waals surface area contributed by atoms with Gasteiger partial charge >= 0.3 is 0 Å². The van der Waals surface area contributed by atoms with Crippen molar-refractivity contribution in [1.82, 2.24) is 9.88 Å². The zero-order valence-electron chi connectivity index (χ0n) is 19.3. The average Bonchev–Trinajstić information content (AvgIpc) is 3.25. The van der Waals surface area contributed by atoms with Crippen LogP contribution in [0.2, 0.25) is 0 Å². The van der Waals surface area contributed by atoms with Crippen LogP contribution in [0.25, 0.3) is 0 Å². The number of amides is 1. The van der Waals surface area contributed by atoms with E-state index in [0.29, 0.717) is 37.6 Å². The van der Waals surface area contributed by atoms with Gasteiger partial charge in [-0.3, -0.25) is 4.79 Å². The number of aromatic nitrogens is 1. The van der Waals surface area contributed by atoms with Crippen molar-refractivity contribution < 1.29 is 19.0 Å². The molecule has 3 aromatic rings. The molecule has 0 aliphatic heterocycles. The summed E-state index contributed by atoms with van der Waals surface area (Å²) < 4.78 is 16.5. The molecular formula is C25H30N2O4S. The largest absolute Gasteiger partial charge is 0.497 e. The highest BCUT2D eigenvalue weighted by molar-refractivity contribution is 7.09. The predicted octanol–water partition coefficient (Wildman–Crippen LogP) is 4.94. The summed E-state index contributed by atoms with van der Waals surface area (Å²) in [6.45, 7) is 7.93. The average molecular weight is 455 g/mol. The maximum Gasteiger partial charge on any atom is 0.254 e. The van der Waals surface area contributed by atoms with Gasteiger partial charge in [-0.2, -0.15) is 0 Å². The number of benzene rings is 2. The van der Waals surface area contributed by atoms with Crippen LogP contribution in [-0.2, 0) is 17.9 Å². The summed E-state index contributed by atoms with van der Waals surface area (Å²) >= 11 is 1.54. The van der Waals surface area contributed by atoms with Crippen LogP contribution in [-0.4, -0.2) is 43.2 Å². The third-order valence-corrected chi connectivity index (χ3v) is 6.11. The Morgan fingerprint density at radius 3 is 2.69 bits per heavy atom. The number of hydrogen-bond acceptors (Lipinski definition) is 6. The zero-order chi connectivity index (χ0) is 23.1. The van der Waals surface area contributed by atoms with E-state index in [-0.39, 0.29) is 5.91 Å². The molecule has 0 unspecified atom stereocenters. The molecule has 0 fully saturated rings. The van der Waals surface area contributed by atoms with Gasteiger partial charge in [-0.25, -0.2) is 4.98 Å². The first-order chi connectivity index (χ1) is 15.4. The summed E-state index contributed by atoms with van der Waals surface area (Å²) in [5.41, 5.74) is 4.93. The second-order valence-corrected chi connectivity index (χ2v) is 8.62. The van der Waals surface area contributed by atoms with Crippen LogP contribution >= 0.6 is 11.3 Å². The lowest BCUT2D eigenvalue weighted by molar-refractivity contribution is 0.0678. The van der Waals surface area contributed by atoms with Crippen molar-refractivity contribution in [1.29, 1.82) is 0 Å². The molecule has 1 heterocycles. The first-order valence-electron chi connectivity index (χ1n) is 10.5. The molecule has 0 bridgehead atoms. The van der Waals surface area contributed by atoms with Crippen LogP contribution in [0.3, 0.4) is 0 Å². The van der Waals surface area contributed by atoms with E-state index in [9.17, 15) is 4.79 Å². The fourth-order valence-corrected chi connectivity index (χ4v) is 4.06. The Hall–Kier alpha value is -2.90. The van der Waals surface area contributed by atoms with E-state index in [0.717, 1.165) is 22.0 Å². The molecule has 0 spiro atoms. The van der Waals surface area contributed by atoms with Gasteiger partial charge in [0.2, 0.25) is 0 Å². The summed E-state index contributed by atoms with van der Waals surface area (Å²) in [5.74, 6) is 1.45. The normalized spacial score (nSPS) is 10.8. The fourth-order valence-electron chi connectivity index (χ4n) is 3.37. The maximum atomic E-state index is 13.1. The number of ether oxygens (including phenoxy) is 3. The number of nitrogens with zero attached hydrogens (tertiary/aromatic N) is 2. The Balaban J connectivity index is 1.69. The molecule has 6 nitrogen and oxygen atoms in total. The topological polar surface area (TPSA) is 60.9 Å². The van der Waals surface area contributed by atoms with Gasteiger partial charge in [0.25, 0.3) is 5.91 Å². The van der Waals surface area contributed by atoms with Crippen molar-refractivity contribution >= 4 is 17.2 Å². The van der Waals surface area contributed by atoms with E-state index in [4.69, 9.17) is 19.2 Å². The fraction of sp³-hybridized carbons (Fsp3) is 0.360. The Bertz CT molecular complexity index is 1060. The second kappa shape index (κ2) is 11.1. The summed E-state index contributed by atoms with van der Waals surface area (Å²) in [5, 5.41) is 2.85. The van der Waals surface area contributed by atoms with Gasteiger partial charge in [-0.1, -0.05) is 12.1 Å². The molecule has 32 heavy (non-hydrogen) atoms. The lowest BCUT2D eigenvalue weighted by Gasteiger charge is -2.22. The number of hydrogen-bond donors (Lipinski definition) is 0. The van der Waals surface area contributed by atoms with E-state index in [1.165, 1.54) is 22.5 Å². The molecule has 0 aliphatic rings. The number of aryl methyl sites for hydroxylation is 2. The lowest BCUT2D eigenvalue weighted by atomic mass is 10.1. The minimum atomic E-state index is -0.0855. The quantitative estimate of drug-likeness (QED) is 0.434. The van der Waals surface area contributed by atoms with Crippen LogP contribution in [0.5, 0.6) is 11.5 Å². The van der Waals surface area contributed by atoms with Crippen molar-refractivity contribution in [2.75, 3.05) is 27.4 Å². The monoisotopic (exact) mass is 454 g/mol. The van der Waals surface area contributed by atoms with Gasteiger partial charge in [-0.15, -0.1) is 11.3 Å². The molecule has 7 heteroatoms. The first kappa shape index (κ1) is 23.8. The van der Waals surface area contributed by atoms with Crippen LogP contribution in [0.1, 0.15) is 37.7 Å². The minimum Gasteiger partial charge on any atom is -0.497 e. The Morgan fingerprint density at radius 1 is 1.12 bits per heavy atom.